The van der Waals surface area contributed by atoms with E-state index in [0.717, 1.165) is 12.1 Å². The predicted molar refractivity (Wildman–Crippen MR) is 101 cm³/mol. The van der Waals surface area contributed by atoms with Gasteiger partial charge in [0.1, 0.15) is 0 Å². The molecule has 2 aliphatic rings. The maximum atomic E-state index is 13.0. The molecule has 0 aliphatic carbocycles. The maximum absolute atomic E-state index is 13.0. The van der Waals surface area contributed by atoms with Gasteiger partial charge in [-0.3, -0.25) is 4.79 Å². The van der Waals surface area contributed by atoms with Crippen molar-refractivity contribution >= 4 is 15.7 Å². The Balaban J connectivity index is 1.53. The minimum atomic E-state index is -4.45. The Hall–Kier alpha value is -2.35. The average molecular weight is 423 g/mol. The molecule has 0 unspecified atom stereocenters. The van der Waals surface area contributed by atoms with E-state index in [1.807, 2.05) is 0 Å². The van der Waals surface area contributed by atoms with Gasteiger partial charge in [-0.1, -0.05) is 18.2 Å². The summed E-state index contributed by atoms with van der Waals surface area (Å²) in [6.07, 6.45) is -2.35. The third kappa shape index (κ3) is 3.66. The number of rotatable bonds is 3. The van der Waals surface area contributed by atoms with E-state index in [0.29, 0.717) is 25.7 Å². The third-order valence-electron chi connectivity index (χ3n) is 5.89. The molecule has 0 radical (unpaired) electrons. The van der Waals surface area contributed by atoms with Crippen molar-refractivity contribution in [1.82, 2.24) is 4.90 Å². The molecular formula is C21H20F3NO3S. The number of carbonyl (C=O) groups is 1. The fraction of sp³-hybridized carbons (Fsp3) is 0.381. The summed E-state index contributed by atoms with van der Waals surface area (Å²) in [5.74, 6) is -0.332. The monoisotopic (exact) mass is 423 g/mol. The zero-order chi connectivity index (χ0) is 20.8. The standard InChI is InChI=1S/C21H20F3NO3S/c22-21(23,24)15-8-6-14(7-9-15)20(26)25-16-10-11-17(25)13-19(12-16)29(27,28)18-4-2-1-3-5-18/h1-9,16-17,19H,10-13H2/t16-,17-/m1/s1. The number of fused-ring (bicyclic) bond motifs is 2. The van der Waals surface area contributed by atoms with Crippen LogP contribution < -0.4 is 0 Å². The van der Waals surface area contributed by atoms with Crippen LogP contribution in [-0.4, -0.2) is 36.6 Å². The van der Waals surface area contributed by atoms with Crippen molar-refractivity contribution in [3.63, 3.8) is 0 Å². The van der Waals surface area contributed by atoms with Crippen LogP contribution in [0.3, 0.4) is 0 Å². The first-order valence-corrected chi connectivity index (χ1v) is 11.0. The van der Waals surface area contributed by atoms with Gasteiger partial charge in [0.15, 0.2) is 9.84 Å². The first-order valence-electron chi connectivity index (χ1n) is 9.47. The zero-order valence-corrected chi connectivity index (χ0v) is 16.3. The summed E-state index contributed by atoms with van der Waals surface area (Å²) < 4.78 is 64.2. The van der Waals surface area contributed by atoms with Crippen LogP contribution in [0, 0.1) is 0 Å². The maximum Gasteiger partial charge on any atom is 0.416 e. The molecule has 154 valence electrons. The van der Waals surface area contributed by atoms with Crippen molar-refractivity contribution in [3.8, 4) is 0 Å². The molecule has 2 aromatic rings. The highest BCUT2D eigenvalue weighted by molar-refractivity contribution is 7.92. The van der Waals surface area contributed by atoms with E-state index in [1.54, 1.807) is 35.2 Å². The second-order valence-electron chi connectivity index (χ2n) is 7.62. The van der Waals surface area contributed by atoms with E-state index in [-0.39, 0.29) is 28.4 Å². The molecule has 4 nitrogen and oxygen atoms in total. The highest BCUT2D eigenvalue weighted by Crippen LogP contribution is 2.40. The number of amides is 1. The average Bonchev–Trinajstić information content (AvgIpc) is 2.96. The number of alkyl halides is 3. The molecule has 2 bridgehead atoms. The molecule has 2 atom stereocenters. The second-order valence-corrected chi connectivity index (χ2v) is 9.85. The molecule has 2 saturated heterocycles. The molecule has 1 amide bonds. The highest BCUT2D eigenvalue weighted by Gasteiger charge is 2.47. The van der Waals surface area contributed by atoms with Crippen molar-refractivity contribution in [2.24, 2.45) is 0 Å². The van der Waals surface area contributed by atoms with Crippen LogP contribution in [0.1, 0.15) is 41.6 Å². The topological polar surface area (TPSA) is 54.5 Å². The Morgan fingerprint density at radius 3 is 1.97 bits per heavy atom. The van der Waals surface area contributed by atoms with E-state index in [9.17, 15) is 26.4 Å². The zero-order valence-electron chi connectivity index (χ0n) is 15.5. The van der Waals surface area contributed by atoms with Crippen LogP contribution in [0.25, 0.3) is 0 Å². The van der Waals surface area contributed by atoms with Crippen molar-refractivity contribution in [2.45, 2.75) is 54.1 Å². The van der Waals surface area contributed by atoms with Crippen LogP contribution >= 0.6 is 0 Å². The lowest BCUT2D eigenvalue weighted by Crippen LogP contribution is -2.49. The number of hydrogen-bond donors (Lipinski definition) is 0. The number of nitrogens with zero attached hydrogens (tertiary/aromatic N) is 1. The minimum absolute atomic E-state index is 0.194. The number of sulfone groups is 1. The van der Waals surface area contributed by atoms with Crippen molar-refractivity contribution in [1.29, 1.82) is 0 Å². The number of piperidine rings is 1. The molecule has 0 spiro atoms. The van der Waals surface area contributed by atoms with Crippen LogP contribution in [0.2, 0.25) is 0 Å². The Morgan fingerprint density at radius 1 is 0.897 bits per heavy atom. The lowest BCUT2D eigenvalue weighted by atomic mass is 10.0. The molecule has 0 saturated carbocycles. The van der Waals surface area contributed by atoms with Gasteiger partial charge >= 0.3 is 6.18 Å². The van der Waals surface area contributed by atoms with Crippen molar-refractivity contribution in [3.05, 3.63) is 65.7 Å². The van der Waals surface area contributed by atoms with Crippen LogP contribution in [0.15, 0.2) is 59.5 Å². The van der Waals surface area contributed by atoms with Gasteiger partial charge in [-0.2, -0.15) is 13.2 Å². The lowest BCUT2D eigenvalue weighted by molar-refractivity contribution is -0.137. The van der Waals surface area contributed by atoms with Gasteiger partial charge in [0.2, 0.25) is 0 Å². The predicted octanol–water partition coefficient (Wildman–Crippen LogP) is 4.31. The van der Waals surface area contributed by atoms with Gasteiger partial charge < -0.3 is 4.90 Å². The molecule has 0 aromatic heterocycles. The molecule has 2 fully saturated rings. The first kappa shape index (κ1) is 19.9. The minimum Gasteiger partial charge on any atom is -0.333 e. The SMILES string of the molecule is O=C(c1ccc(C(F)(F)F)cc1)N1[C@@H]2CC[C@@H]1CC(S(=O)(=O)c1ccccc1)C2. The Kier molecular flexibility index (Phi) is 4.93. The summed E-state index contributed by atoms with van der Waals surface area (Å²) in [4.78, 5) is 14.9. The second kappa shape index (κ2) is 7.16. The number of carbonyl (C=O) groups excluding carboxylic acids is 1. The smallest absolute Gasteiger partial charge is 0.333 e. The van der Waals surface area contributed by atoms with Gasteiger partial charge in [-0.05, 0) is 62.1 Å². The van der Waals surface area contributed by atoms with E-state index in [4.69, 9.17) is 0 Å². The quantitative estimate of drug-likeness (QED) is 0.739. The summed E-state index contributed by atoms with van der Waals surface area (Å²) >= 11 is 0. The summed E-state index contributed by atoms with van der Waals surface area (Å²) in [5.41, 5.74) is -0.607. The van der Waals surface area contributed by atoms with E-state index in [1.165, 1.54) is 12.1 Å². The highest BCUT2D eigenvalue weighted by atomic mass is 32.2. The van der Waals surface area contributed by atoms with E-state index >= 15 is 0 Å². The molecule has 2 aliphatic heterocycles. The van der Waals surface area contributed by atoms with E-state index in [2.05, 4.69) is 0 Å². The van der Waals surface area contributed by atoms with Crippen LogP contribution in [0.5, 0.6) is 0 Å². The van der Waals surface area contributed by atoms with E-state index < -0.39 is 26.8 Å². The fourth-order valence-electron chi connectivity index (χ4n) is 4.47. The molecule has 4 rings (SSSR count). The van der Waals surface area contributed by atoms with Gasteiger partial charge in [0.05, 0.1) is 15.7 Å². The fourth-order valence-corrected chi connectivity index (χ4v) is 6.34. The summed E-state index contributed by atoms with van der Waals surface area (Å²) in [6.45, 7) is 0. The van der Waals surface area contributed by atoms with Crippen LogP contribution in [0.4, 0.5) is 13.2 Å². The first-order chi connectivity index (χ1) is 13.7. The van der Waals surface area contributed by atoms with Crippen molar-refractivity contribution in [2.75, 3.05) is 0 Å². The normalized spacial score (nSPS) is 24.5. The molecule has 8 heteroatoms. The summed E-state index contributed by atoms with van der Waals surface area (Å²) in [6, 6.07) is 12.1. The summed E-state index contributed by atoms with van der Waals surface area (Å²) in [5, 5.41) is -0.556. The van der Waals surface area contributed by atoms with Crippen LogP contribution in [-0.2, 0) is 16.0 Å². The Labute approximate surface area is 167 Å². The lowest BCUT2D eigenvalue weighted by Gasteiger charge is -2.38. The van der Waals surface area contributed by atoms with Crippen molar-refractivity contribution < 1.29 is 26.4 Å². The number of benzene rings is 2. The molecule has 0 N–H and O–H groups in total. The van der Waals surface area contributed by atoms with Gasteiger partial charge in [-0.25, -0.2) is 8.42 Å². The number of halogens is 3. The molecule has 29 heavy (non-hydrogen) atoms. The summed E-state index contributed by atoms with van der Waals surface area (Å²) in [7, 11) is -3.49. The van der Waals surface area contributed by atoms with Gasteiger partial charge in [0.25, 0.3) is 5.91 Å². The molecule has 2 heterocycles. The number of hydrogen-bond acceptors (Lipinski definition) is 3. The van der Waals surface area contributed by atoms with Gasteiger partial charge in [0, 0.05) is 17.6 Å². The third-order valence-corrected chi connectivity index (χ3v) is 8.09. The van der Waals surface area contributed by atoms with Gasteiger partial charge in [-0.15, -0.1) is 0 Å². The Morgan fingerprint density at radius 2 is 1.45 bits per heavy atom. The Bertz CT molecular complexity index is 990. The molecular weight excluding hydrogens is 403 g/mol. The largest absolute Gasteiger partial charge is 0.416 e. The molecule has 2 aromatic carbocycles.